The summed E-state index contributed by atoms with van der Waals surface area (Å²) in [5, 5.41) is 13.9. The van der Waals surface area contributed by atoms with Gasteiger partial charge in [-0.3, -0.25) is 0 Å². The molecule has 0 amide bonds. The van der Waals surface area contributed by atoms with Crippen LogP contribution in [0.25, 0.3) is 10.2 Å². The Kier molecular flexibility index (Phi) is 4.93. The Hall–Kier alpha value is -1.96. The lowest BCUT2D eigenvalue weighted by atomic mass is 9.95. The molecule has 1 aliphatic rings. The lowest BCUT2D eigenvalue weighted by molar-refractivity contribution is 0.0647. The van der Waals surface area contributed by atoms with Gasteiger partial charge in [-0.1, -0.05) is 11.6 Å². The van der Waals surface area contributed by atoms with Gasteiger partial charge >= 0.3 is 0 Å². The molecule has 4 rings (SSSR count). The van der Waals surface area contributed by atoms with E-state index < -0.39 is 0 Å². The van der Waals surface area contributed by atoms with Crippen LogP contribution in [-0.2, 0) is 0 Å². The molecule has 0 radical (unpaired) electrons. The van der Waals surface area contributed by atoms with Crippen molar-refractivity contribution in [2.45, 2.75) is 44.8 Å². The number of nitrogens with zero attached hydrogens (tertiary/aromatic N) is 3. The number of thiophene rings is 1. The van der Waals surface area contributed by atoms with Crippen molar-refractivity contribution in [3.8, 4) is 5.88 Å². The SMILES string of the molecule is Cc1c(Cl)sc2ncnc(Nc3cccnc3O[C@H]3CC[C@H](O)CC3)c12. The highest BCUT2D eigenvalue weighted by Gasteiger charge is 2.22. The summed E-state index contributed by atoms with van der Waals surface area (Å²) in [6, 6.07) is 3.77. The molecule has 0 aromatic carbocycles. The maximum atomic E-state index is 9.66. The molecule has 1 saturated carbocycles. The summed E-state index contributed by atoms with van der Waals surface area (Å²) < 4.78 is 6.82. The van der Waals surface area contributed by atoms with Gasteiger partial charge in [-0.25, -0.2) is 15.0 Å². The summed E-state index contributed by atoms with van der Waals surface area (Å²) >= 11 is 7.70. The molecule has 0 aliphatic heterocycles. The minimum absolute atomic E-state index is 0.0663. The lowest BCUT2D eigenvalue weighted by Gasteiger charge is -2.26. The van der Waals surface area contributed by atoms with Crippen LogP contribution in [0.2, 0.25) is 4.34 Å². The van der Waals surface area contributed by atoms with Crippen molar-refractivity contribution in [2.75, 3.05) is 5.32 Å². The number of fused-ring (bicyclic) bond motifs is 1. The quantitative estimate of drug-likeness (QED) is 0.683. The zero-order valence-electron chi connectivity index (χ0n) is 14.3. The van der Waals surface area contributed by atoms with Crippen molar-refractivity contribution in [1.82, 2.24) is 15.0 Å². The number of anilines is 2. The Labute approximate surface area is 160 Å². The first-order valence-corrected chi connectivity index (χ1v) is 9.77. The molecule has 0 unspecified atom stereocenters. The van der Waals surface area contributed by atoms with Gasteiger partial charge in [0.1, 0.15) is 28.8 Å². The van der Waals surface area contributed by atoms with E-state index in [0.29, 0.717) is 16.0 Å². The number of ether oxygens (including phenoxy) is 1. The number of hydrogen-bond acceptors (Lipinski definition) is 7. The Morgan fingerprint density at radius 3 is 2.85 bits per heavy atom. The minimum Gasteiger partial charge on any atom is -0.473 e. The third-order valence-corrected chi connectivity index (χ3v) is 6.12. The fourth-order valence-electron chi connectivity index (χ4n) is 3.17. The summed E-state index contributed by atoms with van der Waals surface area (Å²) in [5.74, 6) is 1.23. The van der Waals surface area contributed by atoms with Gasteiger partial charge in [0.2, 0.25) is 5.88 Å². The van der Waals surface area contributed by atoms with E-state index in [2.05, 4.69) is 20.3 Å². The molecule has 1 fully saturated rings. The number of hydrogen-bond donors (Lipinski definition) is 2. The fraction of sp³-hybridized carbons (Fsp3) is 0.389. The highest BCUT2D eigenvalue weighted by molar-refractivity contribution is 7.22. The first-order valence-electron chi connectivity index (χ1n) is 8.58. The number of aliphatic hydroxyl groups is 1. The zero-order valence-corrected chi connectivity index (χ0v) is 15.8. The average molecular weight is 391 g/mol. The van der Waals surface area contributed by atoms with Crippen LogP contribution in [0.1, 0.15) is 31.2 Å². The van der Waals surface area contributed by atoms with Crippen LogP contribution in [0.3, 0.4) is 0 Å². The van der Waals surface area contributed by atoms with Crippen LogP contribution in [0, 0.1) is 6.92 Å². The number of pyridine rings is 1. The van der Waals surface area contributed by atoms with Crippen LogP contribution in [0.5, 0.6) is 5.88 Å². The van der Waals surface area contributed by atoms with Gasteiger partial charge in [0.25, 0.3) is 0 Å². The standard InChI is InChI=1S/C18H19ClN4O2S/c1-10-14-16(21-9-22-18(14)26-15(10)19)23-13-3-2-8-20-17(13)25-12-6-4-11(24)5-7-12/h2-3,8-9,11-12,24H,4-7H2,1H3,(H,21,22,23)/t11-,12-. The normalized spacial score (nSPS) is 20.3. The van der Waals surface area contributed by atoms with Crippen LogP contribution in [0.4, 0.5) is 11.5 Å². The van der Waals surface area contributed by atoms with Crippen LogP contribution >= 0.6 is 22.9 Å². The third-order valence-electron chi connectivity index (χ3n) is 4.61. The number of aromatic nitrogens is 3. The molecular formula is C18H19ClN4O2S. The van der Waals surface area contributed by atoms with Gasteiger partial charge in [0, 0.05) is 6.20 Å². The van der Waals surface area contributed by atoms with Crippen molar-refractivity contribution >= 4 is 44.7 Å². The van der Waals surface area contributed by atoms with Crippen LogP contribution in [-0.4, -0.2) is 32.3 Å². The predicted molar refractivity (Wildman–Crippen MR) is 104 cm³/mol. The molecular weight excluding hydrogens is 372 g/mol. The van der Waals surface area contributed by atoms with Gasteiger partial charge in [-0.05, 0) is 50.3 Å². The van der Waals surface area contributed by atoms with Crippen molar-refractivity contribution in [1.29, 1.82) is 0 Å². The number of aryl methyl sites for hydroxylation is 1. The van der Waals surface area contributed by atoms with Crippen molar-refractivity contribution < 1.29 is 9.84 Å². The number of rotatable bonds is 4. The second-order valence-corrected chi connectivity index (χ2v) is 8.03. The van der Waals surface area contributed by atoms with E-state index in [1.165, 1.54) is 17.7 Å². The van der Waals surface area contributed by atoms with Crippen LogP contribution < -0.4 is 10.1 Å². The number of halogens is 1. The molecule has 1 aliphatic carbocycles. The Morgan fingerprint density at radius 1 is 1.23 bits per heavy atom. The molecule has 0 bridgehead atoms. The minimum atomic E-state index is -0.211. The molecule has 3 aromatic rings. The van der Waals surface area contributed by atoms with E-state index in [1.807, 2.05) is 19.1 Å². The van der Waals surface area contributed by atoms with E-state index in [9.17, 15) is 5.11 Å². The monoisotopic (exact) mass is 390 g/mol. The Morgan fingerprint density at radius 2 is 2.04 bits per heavy atom. The van der Waals surface area contributed by atoms with Crippen molar-refractivity contribution in [2.24, 2.45) is 0 Å². The van der Waals surface area contributed by atoms with E-state index >= 15 is 0 Å². The van der Waals surface area contributed by atoms with Gasteiger partial charge in [-0.15, -0.1) is 11.3 Å². The predicted octanol–water partition coefficient (Wildman–Crippen LogP) is 4.47. The van der Waals surface area contributed by atoms with Crippen molar-refractivity contribution in [3.63, 3.8) is 0 Å². The van der Waals surface area contributed by atoms with E-state index in [4.69, 9.17) is 16.3 Å². The maximum absolute atomic E-state index is 9.66. The molecule has 2 N–H and O–H groups in total. The molecule has 6 nitrogen and oxygen atoms in total. The highest BCUT2D eigenvalue weighted by Crippen LogP contribution is 2.38. The van der Waals surface area contributed by atoms with E-state index in [-0.39, 0.29) is 12.2 Å². The zero-order chi connectivity index (χ0) is 18.1. The highest BCUT2D eigenvalue weighted by atomic mass is 35.5. The Bertz CT molecular complexity index is 925. The lowest BCUT2D eigenvalue weighted by Crippen LogP contribution is -2.27. The van der Waals surface area contributed by atoms with E-state index in [1.54, 1.807) is 6.20 Å². The Balaban J connectivity index is 1.61. The topological polar surface area (TPSA) is 80.2 Å². The van der Waals surface area contributed by atoms with Gasteiger partial charge < -0.3 is 15.2 Å². The number of aliphatic hydroxyl groups excluding tert-OH is 1. The molecule has 3 heterocycles. The fourth-order valence-corrected chi connectivity index (χ4v) is 4.36. The first kappa shape index (κ1) is 17.5. The summed E-state index contributed by atoms with van der Waals surface area (Å²) in [6.07, 6.45) is 6.27. The summed E-state index contributed by atoms with van der Waals surface area (Å²) in [7, 11) is 0. The molecule has 0 atom stereocenters. The maximum Gasteiger partial charge on any atom is 0.238 e. The summed E-state index contributed by atoms with van der Waals surface area (Å²) in [6.45, 7) is 1.96. The van der Waals surface area contributed by atoms with Gasteiger partial charge in [0.15, 0.2) is 0 Å². The number of nitrogens with one attached hydrogen (secondary N) is 1. The second-order valence-electron chi connectivity index (χ2n) is 6.43. The molecule has 3 aromatic heterocycles. The van der Waals surface area contributed by atoms with Crippen LogP contribution in [0.15, 0.2) is 24.7 Å². The molecule has 0 saturated heterocycles. The van der Waals surface area contributed by atoms with Gasteiger partial charge in [-0.2, -0.15) is 0 Å². The molecule has 26 heavy (non-hydrogen) atoms. The summed E-state index contributed by atoms with van der Waals surface area (Å²) in [5.41, 5.74) is 1.71. The summed E-state index contributed by atoms with van der Waals surface area (Å²) in [4.78, 5) is 13.9. The largest absolute Gasteiger partial charge is 0.473 e. The molecule has 8 heteroatoms. The smallest absolute Gasteiger partial charge is 0.238 e. The first-order chi connectivity index (χ1) is 12.6. The molecule has 136 valence electrons. The van der Waals surface area contributed by atoms with E-state index in [0.717, 1.165) is 47.2 Å². The average Bonchev–Trinajstić information content (AvgIpc) is 2.94. The van der Waals surface area contributed by atoms with Crippen molar-refractivity contribution in [3.05, 3.63) is 34.6 Å². The third kappa shape index (κ3) is 3.47. The second kappa shape index (κ2) is 7.34. The molecule has 0 spiro atoms. The van der Waals surface area contributed by atoms with Gasteiger partial charge in [0.05, 0.1) is 15.8 Å².